The smallest absolute Gasteiger partial charge is 0.322 e. The van der Waals surface area contributed by atoms with Crippen molar-refractivity contribution >= 4 is 35.6 Å². The van der Waals surface area contributed by atoms with E-state index in [1.165, 1.54) is 0 Å². The van der Waals surface area contributed by atoms with Crippen LogP contribution in [0.3, 0.4) is 0 Å². The number of hydrogen-bond donors (Lipinski definition) is 8. The normalized spacial score (nSPS) is 13.3. The molecular formula is C18H32N6O8. The molecule has 0 aromatic carbocycles. The molecule has 0 radical (unpaired) electrons. The standard InChI is InChI=1S/C18H32N6O8/c19-8-2-1-3-11(23-16(30)10(20)4-7-14(26)27)18(32)24-12(5-6-13(21)25)17(31)22-9-15(28)29/h10-12H,1-9,19-20H2,(H2,21,25)(H,22,31)(H,23,30)(H,24,32)(H,26,27)(H,28,29). The predicted octanol–water partition coefficient (Wildman–Crippen LogP) is -3.26. The lowest BCUT2D eigenvalue weighted by molar-refractivity contribution is -0.139. The van der Waals surface area contributed by atoms with Gasteiger partial charge in [0.05, 0.1) is 6.04 Å². The van der Waals surface area contributed by atoms with Crippen LogP contribution in [0.4, 0.5) is 0 Å². The molecule has 0 aliphatic heterocycles. The molecule has 0 rings (SSSR count). The van der Waals surface area contributed by atoms with Crippen LogP contribution in [0.5, 0.6) is 0 Å². The molecule has 0 aliphatic carbocycles. The summed E-state index contributed by atoms with van der Waals surface area (Å²) in [7, 11) is 0. The summed E-state index contributed by atoms with van der Waals surface area (Å²) < 4.78 is 0. The summed E-state index contributed by atoms with van der Waals surface area (Å²) in [6.45, 7) is -0.351. The highest BCUT2D eigenvalue weighted by atomic mass is 16.4. The number of aliphatic carboxylic acids is 2. The maximum absolute atomic E-state index is 12.8. The van der Waals surface area contributed by atoms with E-state index in [0.29, 0.717) is 19.4 Å². The summed E-state index contributed by atoms with van der Waals surface area (Å²) in [6.07, 6.45) is 0.240. The number of hydrogen-bond acceptors (Lipinski definition) is 8. The van der Waals surface area contributed by atoms with E-state index in [-0.39, 0.29) is 32.1 Å². The number of rotatable bonds is 17. The SMILES string of the molecule is NCCCCC(NC(=O)C(N)CCC(=O)O)C(=O)NC(CCC(N)=O)C(=O)NCC(=O)O. The van der Waals surface area contributed by atoms with Gasteiger partial charge in [0.2, 0.25) is 23.6 Å². The van der Waals surface area contributed by atoms with E-state index in [9.17, 15) is 28.8 Å². The average Bonchev–Trinajstić information content (AvgIpc) is 2.71. The summed E-state index contributed by atoms with van der Waals surface area (Å²) in [4.78, 5) is 69.7. The molecule has 0 aliphatic rings. The number of primary amides is 1. The van der Waals surface area contributed by atoms with Gasteiger partial charge in [0.25, 0.3) is 0 Å². The molecule has 0 aromatic rings. The number of amides is 4. The molecule has 0 spiro atoms. The van der Waals surface area contributed by atoms with Crippen LogP contribution >= 0.6 is 0 Å². The van der Waals surface area contributed by atoms with Crippen LogP contribution < -0.4 is 33.2 Å². The predicted molar refractivity (Wildman–Crippen MR) is 111 cm³/mol. The van der Waals surface area contributed by atoms with Gasteiger partial charge in [-0.3, -0.25) is 28.8 Å². The Labute approximate surface area is 184 Å². The monoisotopic (exact) mass is 460 g/mol. The third-order valence-corrected chi connectivity index (χ3v) is 4.31. The molecule has 14 heteroatoms. The molecule has 182 valence electrons. The van der Waals surface area contributed by atoms with Crippen molar-refractivity contribution in [2.75, 3.05) is 13.1 Å². The molecule has 11 N–H and O–H groups in total. The minimum atomic E-state index is -1.30. The number of carboxylic acids is 2. The van der Waals surface area contributed by atoms with Gasteiger partial charge in [-0.1, -0.05) is 0 Å². The minimum absolute atomic E-state index is 0.142. The third kappa shape index (κ3) is 13.1. The zero-order valence-corrected chi connectivity index (χ0v) is 17.7. The van der Waals surface area contributed by atoms with Crippen LogP contribution in [0.25, 0.3) is 0 Å². The molecule has 0 fully saturated rings. The first-order valence-electron chi connectivity index (χ1n) is 10.0. The fourth-order valence-corrected chi connectivity index (χ4v) is 2.56. The van der Waals surface area contributed by atoms with E-state index in [1.54, 1.807) is 0 Å². The summed E-state index contributed by atoms with van der Waals surface area (Å²) in [5.41, 5.74) is 16.2. The Morgan fingerprint density at radius 3 is 1.88 bits per heavy atom. The largest absolute Gasteiger partial charge is 0.481 e. The Bertz CT molecular complexity index is 686. The summed E-state index contributed by atoms with van der Waals surface area (Å²) >= 11 is 0. The van der Waals surface area contributed by atoms with Gasteiger partial charge in [-0.25, -0.2) is 0 Å². The van der Waals surface area contributed by atoms with Crippen LogP contribution in [0, 0.1) is 0 Å². The van der Waals surface area contributed by atoms with Crippen molar-refractivity contribution in [3.63, 3.8) is 0 Å². The Kier molecular flexibility index (Phi) is 13.9. The van der Waals surface area contributed by atoms with Gasteiger partial charge in [-0.05, 0) is 38.6 Å². The minimum Gasteiger partial charge on any atom is -0.481 e. The van der Waals surface area contributed by atoms with E-state index in [2.05, 4.69) is 16.0 Å². The molecular weight excluding hydrogens is 428 g/mol. The molecule has 14 nitrogen and oxygen atoms in total. The first-order chi connectivity index (χ1) is 15.0. The molecule has 3 atom stereocenters. The van der Waals surface area contributed by atoms with E-state index in [4.69, 9.17) is 27.4 Å². The number of carbonyl (C=O) groups excluding carboxylic acids is 4. The highest BCUT2D eigenvalue weighted by molar-refractivity contribution is 5.94. The second kappa shape index (κ2) is 15.5. The van der Waals surface area contributed by atoms with Crippen molar-refractivity contribution in [2.45, 2.75) is 63.1 Å². The first kappa shape index (κ1) is 28.7. The highest BCUT2D eigenvalue weighted by Gasteiger charge is 2.28. The number of carbonyl (C=O) groups is 6. The van der Waals surface area contributed by atoms with Crippen molar-refractivity contribution in [1.82, 2.24) is 16.0 Å². The van der Waals surface area contributed by atoms with E-state index >= 15 is 0 Å². The topological polar surface area (TPSA) is 257 Å². The maximum Gasteiger partial charge on any atom is 0.322 e. The lowest BCUT2D eigenvalue weighted by Crippen LogP contribution is -2.56. The second-order valence-electron chi connectivity index (χ2n) is 7.06. The van der Waals surface area contributed by atoms with Crippen molar-refractivity contribution in [3.8, 4) is 0 Å². The van der Waals surface area contributed by atoms with Gasteiger partial charge >= 0.3 is 11.9 Å². The molecule has 0 bridgehead atoms. The van der Waals surface area contributed by atoms with E-state index < -0.39 is 60.2 Å². The Balaban J connectivity index is 5.28. The fourth-order valence-electron chi connectivity index (χ4n) is 2.56. The molecule has 4 amide bonds. The third-order valence-electron chi connectivity index (χ3n) is 4.31. The zero-order chi connectivity index (χ0) is 24.7. The lowest BCUT2D eigenvalue weighted by Gasteiger charge is -2.24. The quantitative estimate of drug-likeness (QED) is 0.100. The number of unbranched alkanes of at least 4 members (excludes halogenated alkanes) is 1. The van der Waals surface area contributed by atoms with Gasteiger partial charge in [-0.2, -0.15) is 0 Å². The van der Waals surface area contributed by atoms with E-state index in [0.717, 1.165) is 0 Å². The van der Waals surface area contributed by atoms with Crippen LogP contribution in [-0.4, -0.2) is 77.0 Å². The highest BCUT2D eigenvalue weighted by Crippen LogP contribution is 2.05. The van der Waals surface area contributed by atoms with Crippen LogP contribution in [0.1, 0.15) is 44.9 Å². The van der Waals surface area contributed by atoms with Gasteiger partial charge in [0.1, 0.15) is 18.6 Å². The van der Waals surface area contributed by atoms with Crippen molar-refractivity contribution in [3.05, 3.63) is 0 Å². The van der Waals surface area contributed by atoms with Crippen molar-refractivity contribution in [2.24, 2.45) is 17.2 Å². The summed E-state index contributed by atoms with van der Waals surface area (Å²) in [6, 6.07) is -3.56. The Hall–Kier alpha value is -3.26. The molecule has 0 aromatic heterocycles. The molecule has 0 heterocycles. The zero-order valence-electron chi connectivity index (χ0n) is 17.7. The summed E-state index contributed by atoms with van der Waals surface area (Å²) in [5.74, 6) is -5.51. The maximum atomic E-state index is 12.8. The van der Waals surface area contributed by atoms with Crippen LogP contribution in [0.15, 0.2) is 0 Å². The van der Waals surface area contributed by atoms with Gasteiger partial charge in [-0.15, -0.1) is 0 Å². The second-order valence-corrected chi connectivity index (χ2v) is 7.06. The van der Waals surface area contributed by atoms with Gasteiger partial charge in [0.15, 0.2) is 0 Å². The molecule has 0 saturated carbocycles. The Morgan fingerprint density at radius 1 is 0.750 bits per heavy atom. The number of nitrogens with two attached hydrogens (primary N) is 3. The first-order valence-corrected chi connectivity index (χ1v) is 10.0. The van der Waals surface area contributed by atoms with E-state index in [1.807, 2.05) is 0 Å². The Morgan fingerprint density at radius 2 is 1.34 bits per heavy atom. The van der Waals surface area contributed by atoms with Crippen LogP contribution in [0.2, 0.25) is 0 Å². The molecule has 0 saturated heterocycles. The average molecular weight is 460 g/mol. The van der Waals surface area contributed by atoms with Gasteiger partial charge < -0.3 is 43.4 Å². The van der Waals surface area contributed by atoms with Crippen molar-refractivity contribution in [1.29, 1.82) is 0 Å². The number of nitrogens with one attached hydrogen (secondary N) is 3. The van der Waals surface area contributed by atoms with Crippen LogP contribution in [-0.2, 0) is 28.8 Å². The molecule has 32 heavy (non-hydrogen) atoms. The molecule has 3 unspecified atom stereocenters. The number of carboxylic acid groups (broad SMARTS) is 2. The lowest BCUT2D eigenvalue weighted by atomic mass is 10.0. The van der Waals surface area contributed by atoms with Crippen molar-refractivity contribution < 1.29 is 39.0 Å². The van der Waals surface area contributed by atoms with Gasteiger partial charge in [0, 0.05) is 12.8 Å². The summed E-state index contributed by atoms with van der Waals surface area (Å²) in [5, 5.41) is 24.3. The fraction of sp³-hybridized carbons (Fsp3) is 0.667.